The molecular formula is C32H20. The molecule has 0 N–H and O–H groups in total. The first-order valence-electron chi connectivity index (χ1n) is 11.1. The first-order valence-corrected chi connectivity index (χ1v) is 11.1. The highest BCUT2D eigenvalue weighted by Crippen LogP contribution is 2.34. The molecule has 0 nitrogen and oxygen atoms in total. The van der Waals surface area contributed by atoms with Gasteiger partial charge in [-0.15, -0.1) is 0 Å². The molecule has 7 aromatic carbocycles. The maximum absolute atomic E-state index is 2.36. The zero-order chi connectivity index (χ0) is 21.1. The SMILES string of the molecule is c1ccc2cc3c(ccc4ccc(-c5ccc6c(ccc7ccccc76)c5)cc43)cc2c1. The van der Waals surface area contributed by atoms with Crippen LogP contribution in [0.2, 0.25) is 0 Å². The van der Waals surface area contributed by atoms with Crippen molar-refractivity contribution >= 4 is 53.9 Å². The van der Waals surface area contributed by atoms with E-state index in [9.17, 15) is 0 Å². The van der Waals surface area contributed by atoms with Gasteiger partial charge in [0.25, 0.3) is 0 Å². The maximum atomic E-state index is 2.36. The highest BCUT2D eigenvalue weighted by Gasteiger charge is 2.07. The van der Waals surface area contributed by atoms with Crippen LogP contribution < -0.4 is 0 Å². The minimum atomic E-state index is 1.26. The Hall–Kier alpha value is -4.16. The summed E-state index contributed by atoms with van der Waals surface area (Å²) in [5.74, 6) is 0. The molecule has 0 fully saturated rings. The largest absolute Gasteiger partial charge is 0.0616 e. The van der Waals surface area contributed by atoms with Crippen LogP contribution >= 0.6 is 0 Å². The fraction of sp³-hybridized carbons (Fsp3) is 0. The topological polar surface area (TPSA) is 0 Å². The lowest BCUT2D eigenvalue weighted by atomic mass is 9.94. The average molecular weight is 405 g/mol. The van der Waals surface area contributed by atoms with Crippen molar-refractivity contribution in [2.24, 2.45) is 0 Å². The van der Waals surface area contributed by atoms with Gasteiger partial charge in [-0.05, 0) is 89.3 Å². The number of fused-ring (bicyclic) bond motifs is 7. The van der Waals surface area contributed by atoms with Crippen molar-refractivity contribution in [3.05, 3.63) is 121 Å². The minimum absolute atomic E-state index is 1.26. The van der Waals surface area contributed by atoms with Crippen molar-refractivity contribution in [2.45, 2.75) is 0 Å². The standard InChI is InChI=1S/C32H20/c1-2-7-24-19-32-28(17-23(24)6-1)14-11-22-9-12-26(20-31(22)32)25-15-16-30-27(18-25)13-10-21-5-3-4-8-29(21)30/h1-20H. The Labute approximate surface area is 186 Å². The van der Waals surface area contributed by atoms with Gasteiger partial charge in [-0.3, -0.25) is 0 Å². The lowest BCUT2D eigenvalue weighted by Gasteiger charge is -2.10. The van der Waals surface area contributed by atoms with Crippen molar-refractivity contribution in [3.63, 3.8) is 0 Å². The molecular weight excluding hydrogens is 384 g/mol. The molecule has 0 amide bonds. The van der Waals surface area contributed by atoms with E-state index in [4.69, 9.17) is 0 Å². The summed E-state index contributed by atoms with van der Waals surface area (Å²) in [6.07, 6.45) is 0. The van der Waals surface area contributed by atoms with Gasteiger partial charge in [-0.2, -0.15) is 0 Å². The molecule has 0 saturated heterocycles. The molecule has 0 bridgehead atoms. The number of hydrogen-bond donors (Lipinski definition) is 0. The summed E-state index contributed by atoms with van der Waals surface area (Å²) >= 11 is 0. The molecule has 0 aliphatic rings. The van der Waals surface area contributed by atoms with Gasteiger partial charge in [0.2, 0.25) is 0 Å². The van der Waals surface area contributed by atoms with Gasteiger partial charge in [0.05, 0.1) is 0 Å². The fourth-order valence-electron chi connectivity index (χ4n) is 5.12. The lowest BCUT2D eigenvalue weighted by Crippen LogP contribution is -1.84. The fourth-order valence-corrected chi connectivity index (χ4v) is 5.12. The van der Waals surface area contributed by atoms with E-state index in [-0.39, 0.29) is 0 Å². The van der Waals surface area contributed by atoms with Gasteiger partial charge in [-0.1, -0.05) is 97.1 Å². The molecule has 0 spiro atoms. The zero-order valence-electron chi connectivity index (χ0n) is 17.5. The lowest BCUT2D eigenvalue weighted by molar-refractivity contribution is 1.69. The minimum Gasteiger partial charge on any atom is -0.0616 e. The van der Waals surface area contributed by atoms with Crippen molar-refractivity contribution in [3.8, 4) is 11.1 Å². The summed E-state index contributed by atoms with van der Waals surface area (Å²) in [6.45, 7) is 0. The van der Waals surface area contributed by atoms with Gasteiger partial charge >= 0.3 is 0 Å². The predicted octanol–water partition coefficient (Wildman–Crippen LogP) is 9.12. The van der Waals surface area contributed by atoms with Gasteiger partial charge in [0.1, 0.15) is 0 Å². The summed E-state index contributed by atoms with van der Waals surface area (Å²) in [5, 5.41) is 13.0. The molecule has 7 aromatic rings. The monoisotopic (exact) mass is 404 g/mol. The quantitative estimate of drug-likeness (QED) is 0.189. The second-order valence-corrected chi connectivity index (χ2v) is 8.64. The van der Waals surface area contributed by atoms with Crippen molar-refractivity contribution in [1.29, 1.82) is 0 Å². The molecule has 0 aliphatic heterocycles. The molecule has 0 unspecified atom stereocenters. The van der Waals surface area contributed by atoms with E-state index in [0.29, 0.717) is 0 Å². The zero-order valence-corrected chi connectivity index (χ0v) is 17.5. The Morgan fingerprint density at radius 3 is 1.59 bits per heavy atom. The Morgan fingerprint density at radius 1 is 0.250 bits per heavy atom. The smallest absolute Gasteiger partial charge is 0.00988 e. The first kappa shape index (κ1) is 17.5. The summed E-state index contributed by atoms with van der Waals surface area (Å²) in [5.41, 5.74) is 2.51. The van der Waals surface area contributed by atoms with E-state index < -0.39 is 0 Å². The van der Waals surface area contributed by atoms with E-state index in [1.807, 2.05) is 0 Å². The van der Waals surface area contributed by atoms with Gasteiger partial charge < -0.3 is 0 Å². The highest BCUT2D eigenvalue weighted by molar-refractivity contribution is 6.13. The van der Waals surface area contributed by atoms with Crippen LogP contribution in [0, 0.1) is 0 Å². The summed E-state index contributed by atoms with van der Waals surface area (Å²) < 4.78 is 0. The van der Waals surface area contributed by atoms with E-state index in [1.165, 1.54) is 65.0 Å². The predicted molar refractivity (Wildman–Crippen MR) is 139 cm³/mol. The average Bonchev–Trinajstić information content (AvgIpc) is 2.86. The van der Waals surface area contributed by atoms with Crippen LogP contribution in [-0.4, -0.2) is 0 Å². The molecule has 0 aliphatic carbocycles. The van der Waals surface area contributed by atoms with Crippen LogP contribution in [0.15, 0.2) is 121 Å². The van der Waals surface area contributed by atoms with Crippen LogP contribution in [0.5, 0.6) is 0 Å². The van der Waals surface area contributed by atoms with Crippen molar-refractivity contribution < 1.29 is 0 Å². The van der Waals surface area contributed by atoms with E-state index >= 15 is 0 Å². The van der Waals surface area contributed by atoms with Gasteiger partial charge in [0, 0.05) is 0 Å². The Balaban J connectivity index is 1.46. The summed E-state index contributed by atoms with van der Waals surface area (Å²) in [6, 6.07) is 44.5. The van der Waals surface area contributed by atoms with Gasteiger partial charge in [0.15, 0.2) is 0 Å². The Kier molecular flexibility index (Phi) is 3.65. The second kappa shape index (κ2) is 6.67. The molecule has 0 radical (unpaired) electrons. The van der Waals surface area contributed by atoms with Crippen LogP contribution in [0.4, 0.5) is 0 Å². The third kappa shape index (κ3) is 2.63. The van der Waals surface area contributed by atoms with E-state index in [1.54, 1.807) is 0 Å². The number of benzene rings is 7. The molecule has 0 atom stereocenters. The molecule has 7 rings (SSSR count). The summed E-state index contributed by atoms with van der Waals surface area (Å²) in [7, 11) is 0. The second-order valence-electron chi connectivity index (χ2n) is 8.64. The third-order valence-electron chi connectivity index (χ3n) is 6.78. The molecule has 0 heterocycles. The van der Waals surface area contributed by atoms with Crippen LogP contribution in [0.25, 0.3) is 65.0 Å². The highest BCUT2D eigenvalue weighted by atomic mass is 14.1. The van der Waals surface area contributed by atoms with E-state index in [2.05, 4.69) is 121 Å². The third-order valence-corrected chi connectivity index (χ3v) is 6.78. The molecule has 0 aromatic heterocycles. The van der Waals surface area contributed by atoms with Gasteiger partial charge in [-0.25, -0.2) is 0 Å². The van der Waals surface area contributed by atoms with Crippen LogP contribution in [0.1, 0.15) is 0 Å². The number of rotatable bonds is 1. The van der Waals surface area contributed by atoms with Crippen molar-refractivity contribution in [1.82, 2.24) is 0 Å². The molecule has 0 saturated carbocycles. The molecule has 32 heavy (non-hydrogen) atoms. The molecule has 0 heteroatoms. The maximum Gasteiger partial charge on any atom is -0.00988 e. The first-order chi connectivity index (χ1) is 15.8. The van der Waals surface area contributed by atoms with Crippen molar-refractivity contribution in [2.75, 3.05) is 0 Å². The molecule has 148 valence electrons. The van der Waals surface area contributed by atoms with Crippen LogP contribution in [0.3, 0.4) is 0 Å². The Morgan fingerprint density at radius 2 is 0.750 bits per heavy atom. The summed E-state index contributed by atoms with van der Waals surface area (Å²) in [4.78, 5) is 0. The normalized spacial score (nSPS) is 11.8. The number of hydrogen-bond acceptors (Lipinski definition) is 0. The van der Waals surface area contributed by atoms with Crippen LogP contribution in [-0.2, 0) is 0 Å². The Bertz CT molecular complexity index is 1820. The van der Waals surface area contributed by atoms with E-state index in [0.717, 1.165) is 0 Å².